The number of nitrogens with one attached hydrogen (secondary N) is 2. The Morgan fingerprint density at radius 1 is 1.21 bits per heavy atom. The molecular formula is C20H18F5N5O2S. The van der Waals surface area contributed by atoms with Gasteiger partial charge in [-0.2, -0.15) is 22.0 Å². The molecule has 0 atom stereocenters. The Hall–Kier alpha value is -3.35. The van der Waals surface area contributed by atoms with Gasteiger partial charge in [0.25, 0.3) is 5.92 Å². The summed E-state index contributed by atoms with van der Waals surface area (Å²) in [6.45, 7) is 2.00. The van der Waals surface area contributed by atoms with E-state index in [1.54, 1.807) is 0 Å². The highest BCUT2D eigenvalue weighted by atomic mass is 32.2. The summed E-state index contributed by atoms with van der Waals surface area (Å²) in [5, 5.41) is 9.91. The molecule has 7 nitrogen and oxygen atoms in total. The van der Waals surface area contributed by atoms with Gasteiger partial charge >= 0.3 is 6.18 Å². The quantitative estimate of drug-likeness (QED) is 0.368. The minimum atomic E-state index is -4.66. The maximum Gasteiger partial charge on any atom is 0.433 e. The molecule has 0 saturated carbocycles. The zero-order valence-corrected chi connectivity index (χ0v) is 18.1. The Morgan fingerprint density at radius 2 is 1.91 bits per heavy atom. The zero-order chi connectivity index (χ0) is 24.6. The third-order valence-corrected chi connectivity index (χ3v) is 6.35. The fraction of sp³-hybridized carbons (Fsp3) is 0.250. The van der Waals surface area contributed by atoms with Gasteiger partial charge in [-0.25, -0.2) is 18.4 Å². The Kier molecular flexibility index (Phi) is 6.29. The number of sulfone groups is 1. The summed E-state index contributed by atoms with van der Waals surface area (Å²) in [6.07, 6.45) is -0.461. The molecule has 0 unspecified atom stereocenters. The normalized spacial score (nSPS) is 13.1. The monoisotopic (exact) mass is 487 g/mol. The van der Waals surface area contributed by atoms with Crippen LogP contribution in [0.4, 0.5) is 27.6 Å². The lowest BCUT2D eigenvalue weighted by atomic mass is 10.1. The van der Waals surface area contributed by atoms with Crippen molar-refractivity contribution in [3.05, 3.63) is 54.8 Å². The van der Waals surface area contributed by atoms with Gasteiger partial charge in [-0.05, 0) is 24.3 Å². The molecule has 0 aliphatic carbocycles. The van der Waals surface area contributed by atoms with Crippen molar-refractivity contribution in [2.24, 2.45) is 0 Å². The summed E-state index contributed by atoms with van der Waals surface area (Å²) in [6, 6.07) is 4.86. The number of nitrogens with zero attached hydrogens (tertiary/aromatic N) is 3. The highest BCUT2D eigenvalue weighted by Crippen LogP contribution is 2.32. The fourth-order valence-corrected chi connectivity index (χ4v) is 3.91. The standard InChI is InChI=1S/C20H18F5N5O2S/c1-3-33(31,32)15-8-12(27-7-6-16(26)19(2,21)22)4-5-13(15)14-10-30-11-28-17(20(23,24)25)9-18(30)29-14/h4-11,26-27H,3H2,1-2H3/b7-6-,26-16?. The molecule has 3 rings (SSSR count). The van der Waals surface area contributed by atoms with Gasteiger partial charge in [0.05, 0.1) is 16.3 Å². The number of allylic oxidation sites excluding steroid dienone is 1. The van der Waals surface area contributed by atoms with Crippen LogP contribution in [0.2, 0.25) is 0 Å². The lowest BCUT2D eigenvalue weighted by Crippen LogP contribution is -2.21. The van der Waals surface area contributed by atoms with Crippen LogP contribution >= 0.6 is 0 Å². The molecule has 2 aromatic heterocycles. The smallest absolute Gasteiger partial charge is 0.362 e. The van der Waals surface area contributed by atoms with Crippen LogP contribution in [0.15, 0.2) is 54.0 Å². The summed E-state index contributed by atoms with van der Waals surface area (Å²) >= 11 is 0. The van der Waals surface area contributed by atoms with E-state index < -0.39 is 33.3 Å². The van der Waals surface area contributed by atoms with Crippen molar-refractivity contribution in [2.45, 2.75) is 30.8 Å². The third kappa shape index (κ3) is 5.35. The highest BCUT2D eigenvalue weighted by Gasteiger charge is 2.33. The van der Waals surface area contributed by atoms with Gasteiger partial charge in [0.2, 0.25) is 0 Å². The minimum Gasteiger partial charge on any atom is -0.362 e. The van der Waals surface area contributed by atoms with E-state index >= 15 is 0 Å². The molecule has 3 aromatic rings. The van der Waals surface area contributed by atoms with Crippen molar-refractivity contribution in [3.8, 4) is 11.3 Å². The van der Waals surface area contributed by atoms with E-state index in [0.717, 1.165) is 24.7 Å². The number of benzene rings is 1. The van der Waals surface area contributed by atoms with Gasteiger partial charge < -0.3 is 5.32 Å². The maximum atomic E-state index is 13.1. The zero-order valence-electron chi connectivity index (χ0n) is 17.3. The van der Waals surface area contributed by atoms with Crippen molar-refractivity contribution in [2.75, 3.05) is 11.1 Å². The van der Waals surface area contributed by atoms with E-state index in [9.17, 15) is 30.4 Å². The van der Waals surface area contributed by atoms with E-state index in [1.807, 2.05) is 0 Å². The molecule has 0 fully saturated rings. The molecule has 2 heterocycles. The summed E-state index contributed by atoms with van der Waals surface area (Å²) in [5.74, 6) is -3.60. The van der Waals surface area contributed by atoms with E-state index in [1.165, 1.54) is 35.7 Å². The van der Waals surface area contributed by atoms with E-state index in [0.29, 0.717) is 6.92 Å². The number of halogens is 5. The predicted molar refractivity (Wildman–Crippen MR) is 112 cm³/mol. The molecule has 0 saturated heterocycles. The first kappa shape index (κ1) is 24.3. The summed E-state index contributed by atoms with van der Waals surface area (Å²) in [7, 11) is -3.80. The molecular weight excluding hydrogens is 469 g/mol. The van der Waals surface area contributed by atoms with Gasteiger partial charge in [-0.15, -0.1) is 0 Å². The van der Waals surface area contributed by atoms with Crippen LogP contribution in [0.5, 0.6) is 0 Å². The number of rotatable bonds is 7. The first-order valence-electron chi connectivity index (χ1n) is 9.41. The van der Waals surface area contributed by atoms with Gasteiger partial charge in [0.1, 0.15) is 23.4 Å². The lowest BCUT2D eigenvalue weighted by Gasteiger charge is -2.11. The van der Waals surface area contributed by atoms with Crippen molar-refractivity contribution >= 4 is 26.9 Å². The van der Waals surface area contributed by atoms with Gasteiger partial charge in [0, 0.05) is 36.6 Å². The first-order chi connectivity index (χ1) is 15.2. The van der Waals surface area contributed by atoms with E-state index in [2.05, 4.69) is 15.3 Å². The summed E-state index contributed by atoms with van der Waals surface area (Å²) in [5.41, 5.74) is -1.66. The van der Waals surface area contributed by atoms with Crippen LogP contribution in [0, 0.1) is 5.41 Å². The molecule has 0 aliphatic heterocycles. The molecule has 33 heavy (non-hydrogen) atoms. The molecule has 0 amide bonds. The molecule has 176 valence electrons. The largest absolute Gasteiger partial charge is 0.433 e. The SMILES string of the molecule is CCS(=O)(=O)c1cc(N/C=C\C(=N)C(C)(F)F)ccc1-c1cn2cnc(C(F)(F)F)cc2n1. The Balaban J connectivity index is 2.03. The predicted octanol–water partition coefficient (Wildman–Crippen LogP) is 4.81. The number of anilines is 1. The molecule has 1 aromatic carbocycles. The summed E-state index contributed by atoms with van der Waals surface area (Å²) < 4.78 is 91.5. The summed E-state index contributed by atoms with van der Waals surface area (Å²) in [4.78, 5) is 7.32. The second-order valence-corrected chi connectivity index (χ2v) is 9.30. The Bertz CT molecular complexity index is 1340. The average molecular weight is 487 g/mol. The van der Waals surface area contributed by atoms with Crippen LogP contribution in [0.1, 0.15) is 19.5 Å². The Morgan fingerprint density at radius 3 is 2.52 bits per heavy atom. The van der Waals surface area contributed by atoms with Crippen molar-refractivity contribution in [1.82, 2.24) is 14.4 Å². The second kappa shape index (κ2) is 8.54. The van der Waals surface area contributed by atoms with Gasteiger partial charge in [-0.3, -0.25) is 9.81 Å². The van der Waals surface area contributed by atoms with E-state index in [-0.39, 0.29) is 33.2 Å². The molecule has 0 radical (unpaired) electrons. The number of hydrogen-bond acceptors (Lipinski definition) is 6. The minimum absolute atomic E-state index is 0.0729. The van der Waals surface area contributed by atoms with Crippen LogP contribution in [-0.4, -0.2) is 40.2 Å². The first-order valence-corrected chi connectivity index (χ1v) is 11.1. The molecule has 2 N–H and O–H groups in total. The maximum absolute atomic E-state index is 13.1. The fourth-order valence-electron chi connectivity index (χ4n) is 2.78. The molecule has 0 bridgehead atoms. The van der Waals surface area contributed by atoms with Crippen LogP contribution in [0.25, 0.3) is 16.9 Å². The third-order valence-electron chi connectivity index (χ3n) is 4.58. The number of alkyl halides is 5. The molecule has 0 spiro atoms. The molecule has 13 heteroatoms. The second-order valence-electron chi connectivity index (χ2n) is 7.06. The highest BCUT2D eigenvalue weighted by molar-refractivity contribution is 7.91. The Labute approximate surface area is 185 Å². The van der Waals surface area contributed by atoms with Crippen LogP contribution in [0.3, 0.4) is 0 Å². The van der Waals surface area contributed by atoms with E-state index in [4.69, 9.17) is 5.41 Å². The van der Waals surface area contributed by atoms with Crippen LogP contribution < -0.4 is 5.32 Å². The van der Waals surface area contributed by atoms with Gasteiger partial charge in [-0.1, -0.05) is 6.92 Å². The topological polar surface area (TPSA) is 100 Å². The van der Waals surface area contributed by atoms with Gasteiger partial charge in [0.15, 0.2) is 9.84 Å². The van der Waals surface area contributed by atoms with Crippen molar-refractivity contribution < 1.29 is 30.4 Å². The number of hydrogen-bond donors (Lipinski definition) is 2. The molecule has 0 aliphatic rings. The van der Waals surface area contributed by atoms with Crippen molar-refractivity contribution in [1.29, 1.82) is 5.41 Å². The number of aromatic nitrogens is 3. The lowest BCUT2D eigenvalue weighted by molar-refractivity contribution is -0.141. The average Bonchev–Trinajstić information content (AvgIpc) is 3.15. The number of imidazole rings is 1. The number of fused-ring (bicyclic) bond motifs is 1. The van der Waals surface area contributed by atoms with Crippen LogP contribution in [-0.2, 0) is 16.0 Å². The van der Waals surface area contributed by atoms with Crippen molar-refractivity contribution in [3.63, 3.8) is 0 Å².